The second kappa shape index (κ2) is 8.06. The van der Waals surface area contributed by atoms with E-state index in [9.17, 15) is 9.59 Å². The third-order valence-electron chi connectivity index (χ3n) is 4.04. The molecule has 0 heterocycles. The van der Waals surface area contributed by atoms with E-state index in [0.29, 0.717) is 27.5 Å². The Bertz CT molecular complexity index is 1010. The predicted molar refractivity (Wildman–Crippen MR) is 110 cm³/mol. The van der Waals surface area contributed by atoms with E-state index < -0.39 is 0 Å². The second-order valence-electron chi connectivity index (χ2n) is 6.34. The van der Waals surface area contributed by atoms with Crippen molar-refractivity contribution in [2.75, 3.05) is 10.6 Å². The van der Waals surface area contributed by atoms with Gasteiger partial charge in [-0.25, -0.2) is 0 Å². The number of carbonyl (C=O) groups excluding carboxylic acids is 2. The second-order valence-corrected chi connectivity index (χ2v) is 6.75. The molecule has 3 aromatic rings. The van der Waals surface area contributed by atoms with Crippen molar-refractivity contribution in [3.63, 3.8) is 0 Å². The van der Waals surface area contributed by atoms with E-state index in [1.807, 2.05) is 44.2 Å². The minimum Gasteiger partial charge on any atom is -0.322 e. The van der Waals surface area contributed by atoms with Gasteiger partial charge in [0.05, 0.1) is 10.7 Å². The van der Waals surface area contributed by atoms with E-state index >= 15 is 0 Å². The summed E-state index contributed by atoms with van der Waals surface area (Å²) < 4.78 is 0. The van der Waals surface area contributed by atoms with Gasteiger partial charge < -0.3 is 10.6 Å². The maximum atomic E-state index is 12.4. The predicted octanol–water partition coefficient (Wildman–Crippen LogP) is 5.46. The number of benzene rings is 3. The molecule has 2 amide bonds. The van der Waals surface area contributed by atoms with Gasteiger partial charge in [0.15, 0.2) is 0 Å². The lowest BCUT2D eigenvalue weighted by Crippen LogP contribution is -2.14. The zero-order valence-electron chi connectivity index (χ0n) is 15.0. The number of hydrogen-bond donors (Lipinski definition) is 2. The van der Waals surface area contributed by atoms with Crippen LogP contribution in [0, 0.1) is 13.8 Å². The molecule has 3 aromatic carbocycles. The molecule has 0 unspecified atom stereocenters. The molecule has 0 spiro atoms. The topological polar surface area (TPSA) is 58.2 Å². The number of halogens is 1. The van der Waals surface area contributed by atoms with Gasteiger partial charge in [0.25, 0.3) is 11.8 Å². The molecule has 0 aromatic heterocycles. The fraction of sp³-hybridized carbons (Fsp3) is 0.0909. The van der Waals surface area contributed by atoms with Crippen LogP contribution >= 0.6 is 11.6 Å². The number of aryl methyl sites for hydroxylation is 2. The lowest BCUT2D eigenvalue weighted by Gasteiger charge is -2.11. The van der Waals surface area contributed by atoms with Crippen molar-refractivity contribution in [3.05, 3.63) is 94.0 Å². The fourth-order valence-electron chi connectivity index (χ4n) is 2.66. The van der Waals surface area contributed by atoms with Crippen molar-refractivity contribution in [2.24, 2.45) is 0 Å². The summed E-state index contributed by atoms with van der Waals surface area (Å²) in [6, 6.07) is 19.6. The minimum absolute atomic E-state index is 0.216. The normalized spacial score (nSPS) is 10.3. The van der Waals surface area contributed by atoms with Crippen LogP contribution in [-0.4, -0.2) is 11.8 Å². The number of carbonyl (C=O) groups is 2. The van der Waals surface area contributed by atoms with Gasteiger partial charge >= 0.3 is 0 Å². The van der Waals surface area contributed by atoms with Crippen LogP contribution in [0.25, 0.3) is 0 Å². The van der Waals surface area contributed by atoms with Crippen LogP contribution in [0.4, 0.5) is 11.4 Å². The van der Waals surface area contributed by atoms with Gasteiger partial charge in [-0.2, -0.15) is 0 Å². The molecular weight excluding hydrogens is 360 g/mol. The highest BCUT2D eigenvalue weighted by Gasteiger charge is 2.11. The molecule has 0 bridgehead atoms. The van der Waals surface area contributed by atoms with E-state index in [1.165, 1.54) is 0 Å². The molecule has 4 nitrogen and oxygen atoms in total. The molecule has 0 fully saturated rings. The Kier molecular flexibility index (Phi) is 5.57. The first-order chi connectivity index (χ1) is 12.9. The summed E-state index contributed by atoms with van der Waals surface area (Å²) in [5.74, 6) is -0.455. The monoisotopic (exact) mass is 378 g/mol. The van der Waals surface area contributed by atoms with Crippen LogP contribution in [0.2, 0.25) is 5.02 Å². The van der Waals surface area contributed by atoms with Crippen molar-refractivity contribution in [1.29, 1.82) is 0 Å². The number of hydrogen-bond acceptors (Lipinski definition) is 2. The Labute approximate surface area is 163 Å². The first kappa shape index (κ1) is 18.7. The van der Waals surface area contributed by atoms with Crippen LogP contribution in [0.15, 0.2) is 66.7 Å². The van der Waals surface area contributed by atoms with Crippen molar-refractivity contribution < 1.29 is 9.59 Å². The lowest BCUT2D eigenvalue weighted by molar-refractivity contribution is 0.101. The van der Waals surface area contributed by atoms with Gasteiger partial charge in [0, 0.05) is 16.8 Å². The number of amides is 2. The zero-order chi connectivity index (χ0) is 19.4. The third kappa shape index (κ3) is 4.74. The zero-order valence-corrected chi connectivity index (χ0v) is 15.8. The Hall–Kier alpha value is -3.11. The van der Waals surface area contributed by atoms with Gasteiger partial charge in [0.2, 0.25) is 0 Å². The van der Waals surface area contributed by atoms with Crippen molar-refractivity contribution in [1.82, 2.24) is 0 Å². The van der Waals surface area contributed by atoms with Crippen molar-refractivity contribution in [3.8, 4) is 0 Å². The molecule has 0 atom stereocenters. The maximum Gasteiger partial charge on any atom is 0.255 e. The Morgan fingerprint density at radius 3 is 1.81 bits per heavy atom. The average molecular weight is 379 g/mol. The van der Waals surface area contributed by atoms with Crippen LogP contribution in [0.5, 0.6) is 0 Å². The SMILES string of the molecule is Cc1cccc(C(=O)Nc2ccc(NC(=O)c3cccc(C)c3)c(Cl)c2)c1. The minimum atomic E-state index is -0.239. The quantitative estimate of drug-likeness (QED) is 0.633. The number of anilines is 2. The number of nitrogens with one attached hydrogen (secondary N) is 2. The molecule has 27 heavy (non-hydrogen) atoms. The van der Waals surface area contributed by atoms with E-state index in [1.54, 1.807) is 36.4 Å². The lowest BCUT2D eigenvalue weighted by atomic mass is 10.1. The third-order valence-corrected chi connectivity index (χ3v) is 4.35. The average Bonchev–Trinajstić information content (AvgIpc) is 2.64. The highest BCUT2D eigenvalue weighted by Crippen LogP contribution is 2.26. The summed E-state index contributed by atoms with van der Waals surface area (Å²) in [6.45, 7) is 3.86. The van der Waals surface area contributed by atoms with Gasteiger partial charge in [-0.05, 0) is 56.3 Å². The number of rotatable bonds is 4. The fourth-order valence-corrected chi connectivity index (χ4v) is 2.89. The standard InChI is InChI=1S/C22H19ClN2O2/c1-14-5-3-7-16(11-14)21(26)24-18-9-10-20(19(23)13-18)25-22(27)17-8-4-6-15(2)12-17/h3-13H,1-2H3,(H,24,26)(H,25,27). The first-order valence-electron chi connectivity index (χ1n) is 8.48. The summed E-state index contributed by atoms with van der Waals surface area (Å²) in [5, 5.41) is 5.95. The summed E-state index contributed by atoms with van der Waals surface area (Å²) in [6.07, 6.45) is 0. The van der Waals surface area contributed by atoms with Gasteiger partial charge in [-0.1, -0.05) is 47.0 Å². The van der Waals surface area contributed by atoms with Crippen LogP contribution in [0.3, 0.4) is 0 Å². The summed E-state index contributed by atoms with van der Waals surface area (Å²) >= 11 is 6.28. The summed E-state index contributed by atoms with van der Waals surface area (Å²) in [5.41, 5.74) is 4.18. The molecule has 0 saturated carbocycles. The van der Waals surface area contributed by atoms with Gasteiger partial charge in [-0.3, -0.25) is 9.59 Å². The maximum absolute atomic E-state index is 12.4. The van der Waals surface area contributed by atoms with E-state index in [-0.39, 0.29) is 11.8 Å². The molecular formula is C22H19ClN2O2. The molecule has 0 aliphatic carbocycles. The van der Waals surface area contributed by atoms with E-state index in [0.717, 1.165) is 11.1 Å². The molecule has 3 rings (SSSR count). The first-order valence-corrected chi connectivity index (χ1v) is 8.86. The van der Waals surface area contributed by atoms with E-state index in [2.05, 4.69) is 10.6 Å². The Morgan fingerprint density at radius 1 is 0.741 bits per heavy atom. The molecule has 0 aliphatic heterocycles. The smallest absolute Gasteiger partial charge is 0.255 e. The molecule has 0 radical (unpaired) electrons. The molecule has 136 valence electrons. The summed E-state index contributed by atoms with van der Waals surface area (Å²) in [4.78, 5) is 24.7. The molecule has 5 heteroatoms. The van der Waals surface area contributed by atoms with Crippen molar-refractivity contribution in [2.45, 2.75) is 13.8 Å². The summed E-state index contributed by atoms with van der Waals surface area (Å²) in [7, 11) is 0. The van der Waals surface area contributed by atoms with Gasteiger partial charge in [0.1, 0.15) is 0 Å². The van der Waals surface area contributed by atoms with E-state index in [4.69, 9.17) is 11.6 Å². The molecule has 0 aliphatic rings. The highest BCUT2D eigenvalue weighted by molar-refractivity contribution is 6.34. The van der Waals surface area contributed by atoms with Crippen LogP contribution < -0.4 is 10.6 Å². The Morgan fingerprint density at radius 2 is 1.30 bits per heavy atom. The Balaban J connectivity index is 1.72. The molecule has 2 N–H and O–H groups in total. The van der Waals surface area contributed by atoms with Gasteiger partial charge in [-0.15, -0.1) is 0 Å². The largest absolute Gasteiger partial charge is 0.322 e. The van der Waals surface area contributed by atoms with Crippen LogP contribution in [-0.2, 0) is 0 Å². The highest BCUT2D eigenvalue weighted by atomic mass is 35.5. The molecule has 0 saturated heterocycles. The van der Waals surface area contributed by atoms with Crippen LogP contribution in [0.1, 0.15) is 31.8 Å². The van der Waals surface area contributed by atoms with Crippen molar-refractivity contribution >= 4 is 34.8 Å².